The van der Waals surface area contributed by atoms with Gasteiger partial charge in [-0.2, -0.15) is 0 Å². The van der Waals surface area contributed by atoms with Crippen molar-refractivity contribution in [2.24, 2.45) is 5.73 Å². The predicted molar refractivity (Wildman–Crippen MR) is 67.0 cm³/mol. The second-order valence-corrected chi connectivity index (χ2v) is 3.90. The molecule has 6 heteroatoms. The number of nitrogens with one attached hydrogen (secondary N) is 3. The number of aromatic amines is 2. The Hall–Kier alpha value is -2.63. The first-order chi connectivity index (χ1) is 8.49. The third-order valence-electron chi connectivity index (χ3n) is 2.60. The van der Waals surface area contributed by atoms with E-state index < -0.39 is 5.69 Å². The molecular formula is C12H12N4O2. The van der Waals surface area contributed by atoms with Crippen LogP contribution in [0.2, 0.25) is 0 Å². The van der Waals surface area contributed by atoms with E-state index >= 15 is 0 Å². The number of aryl methyl sites for hydroxylation is 1. The molecule has 18 heavy (non-hydrogen) atoms. The van der Waals surface area contributed by atoms with E-state index in [0.29, 0.717) is 16.8 Å². The summed E-state index contributed by atoms with van der Waals surface area (Å²) in [6.45, 7) is 1.65. The molecule has 0 radical (unpaired) electrons. The van der Waals surface area contributed by atoms with Gasteiger partial charge in [-0.3, -0.25) is 10.2 Å². The van der Waals surface area contributed by atoms with Crippen molar-refractivity contribution >= 4 is 11.6 Å². The Kier molecular flexibility index (Phi) is 2.85. The molecular weight excluding hydrogens is 232 g/mol. The maximum atomic E-state index is 12.1. The van der Waals surface area contributed by atoms with Crippen molar-refractivity contribution in [2.75, 3.05) is 0 Å². The van der Waals surface area contributed by atoms with Crippen LogP contribution >= 0.6 is 0 Å². The highest BCUT2D eigenvalue weighted by Crippen LogP contribution is 2.10. The lowest BCUT2D eigenvalue weighted by molar-refractivity contribution is 0.103. The van der Waals surface area contributed by atoms with Crippen LogP contribution in [0.4, 0.5) is 0 Å². The molecule has 92 valence electrons. The number of benzene rings is 1. The van der Waals surface area contributed by atoms with Crippen LogP contribution in [0.25, 0.3) is 0 Å². The van der Waals surface area contributed by atoms with Crippen molar-refractivity contribution in [3.8, 4) is 0 Å². The monoisotopic (exact) mass is 244 g/mol. The van der Waals surface area contributed by atoms with E-state index in [9.17, 15) is 9.59 Å². The summed E-state index contributed by atoms with van der Waals surface area (Å²) in [6.07, 6.45) is 0. The molecule has 0 saturated heterocycles. The summed E-state index contributed by atoms with van der Waals surface area (Å²) in [6, 6.07) is 6.33. The summed E-state index contributed by atoms with van der Waals surface area (Å²) in [5.74, 6) is -0.332. The fourth-order valence-electron chi connectivity index (χ4n) is 1.64. The third-order valence-corrected chi connectivity index (χ3v) is 2.60. The Morgan fingerprint density at radius 2 is 1.72 bits per heavy atom. The van der Waals surface area contributed by atoms with Crippen molar-refractivity contribution in [3.63, 3.8) is 0 Å². The number of rotatable bonds is 3. The minimum Gasteiger partial charge on any atom is -0.384 e. The Labute approximate surface area is 102 Å². The fraction of sp³-hybridized carbons (Fsp3) is 0.0833. The maximum Gasteiger partial charge on any atom is 0.323 e. The first kappa shape index (κ1) is 11.8. The van der Waals surface area contributed by atoms with Gasteiger partial charge in [0.05, 0.1) is 0 Å². The lowest BCUT2D eigenvalue weighted by atomic mass is 10.0. The van der Waals surface area contributed by atoms with E-state index in [1.807, 2.05) is 0 Å². The van der Waals surface area contributed by atoms with Crippen molar-refractivity contribution in [2.45, 2.75) is 6.92 Å². The molecule has 0 saturated carbocycles. The molecule has 0 fully saturated rings. The van der Waals surface area contributed by atoms with Gasteiger partial charge in [0.25, 0.3) is 0 Å². The third kappa shape index (κ3) is 2.08. The SMILES string of the molecule is Cc1[nH]c(=O)[nH]c1C(=O)c1ccc(C(=N)N)cc1. The van der Waals surface area contributed by atoms with Gasteiger partial charge in [-0.1, -0.05) is 24.3 Å². The van der Waals surface area contributed by atoms with Gasteiger partial charge in [0.2, 0.25) is 5.78 Å². The Bertz CT molecular complexity index is 664. The molecule has 0 aliphatic rings. The van der Waals surface area contributed by atoms with Crippen LogP contribution in [-0.4, -0.2) is 21.6 Å². The summed E-state index contributed by atoms with van der Waals surface area (Å²) < 4.78 is 0. The summed E-state index contributed by atoms with van der Waals surface area (Å²) >= 11 is 0. The molecule has 0 aliphatic heterocycles. The van der Waals surface area contributed by atoms with Crippen LogP contribution in [0, 0.1) is 12.3 Å². The second-order valence-electron chi connectivity index (χ2n) is 3.90. The molecule has 2 rings (SSSR count). The van der Waals surface area contributed by atoms with E-state index in [4.69, 9.17) is 11.1 Å². The van der Waals surface area contributed by atoms with Crippen LogP contribution in [0.1, 0.15) is 27.3 Å². The number of hydrogen-bond acceptors (Lipinski definition) is 3. The number of amidine groups is 1. The van der Waals surface area contributed by atoms with Crippen LogP contribution in [0.3, 0.4) is 0 Å². The Morgan fingerprint density at radius 3 is 2.17 bits per heavy atom. The smallest absolute Gasteiger partial charge is 0.323 e. The van der Waals surface area contributed by atoms with E-state index in [1.165, 1.54) is 0 Å². The highest BCUT2D eigenvalue weighted by Gasteiger charge is 2.14. The summed E-state index contributed by atoms with van der Waals surface area (Å²) in [7, 11) is 0. The highest BCUT2D eigenvalue weighted by atomic mass is 16.1. The van der Waals surface area contributed by atoms with Crippen LogP contribution in [0.15, 0.2) is 29.1 Å². The number of carbonyl (C=O) groups excluding carboxylic acids is 1. The quantitative estimate of drug-likeness (QED) is 0.358. The van der Waals surface area contributed by atoms with Gasteiger partial charge < -0.3 is 15.7 Å². The summed E-state index contributed by atoms with van der Waals surface area (Å²) in [4.78, 5) is 28.1. The zero-order valence-electron chi connectivity index (χ0n) is 9.70. The zero-order chi connectivity index (χ0) is 13.3. The van der Waals surface area contributed by atoms with Crippen LogP contribution in [0.5, 0.6) is 0 Å². The molecule has 6 nitrogen and oxygen atoms in total. The Balaban J connectivity index is 2.37. The molecule has 0 atom stereocenters. The molecule has 0 spiro atoms. The lowest BCUT2D eigenvalue weighted by Crippen LogP contribution is -2.11. The number of H-pyrrole nitrogens is 2. The number of hydrogen-bond donors (Lipinski definition) is 4. The summed E-state index contributed by atoms with van der Waals surface area (Å²) in [5, 5.41) is 7.26. The first-order valence-corrected chi connectivity index (χ1v) is 5.27. The number of nitrogen functional groups attached to an aromatic ring is 1. The normalized spacial score (nSPS) is 10.3. The average molecular weight is 244 g/mol. The fourth-order valence-corrected chi connectivity index (χ4v) is 1.64. The number of nitrogens with two attached hydrogens (primary N) is 1. The average Bonchev–Trinajstić information content (AvgIpc) is 2.67. The van der Waals surface area contributed by atoms with Gasteiger partial charge in [-0.25, -0.2) is 4.79 Å². The molecule has 0 amide bonds. The van der Waals surface area contributed by atoms with E-state index in [2.05, 4.69) is 9.97 Å². The molecule has 0 aliphatic carbocycles. The minimum absolute atomic E-state index is 0.0553. The molecule has 5 N–H and O–H groups in total. The van der Waals surface area contributed by atoms with Crippen molar-refractivity contribution in [1.82, 2.24) is 9.97 Å². The lowest BCUT2D eigenvalue weighted by Gasteiger charge is -2.01. The molecule has 0 unspecified atom stereocenters. The number of imidazole rings is 1. The standard InChI is InChI=1S/C12H12N4O2/c1-6-9(16-12(18)15-6)10(17)7-2-4-8(5-3-7)11(13)14/h2-5H,1H3,(H3,13,14)(H2,15,16,18). The van der Waals surface area contributed by atoms with E-state index in [0.717, 1.165) is 0 Å². The number of ketones is 1. The van der Waals surface area contributed by atoms with Crippen molar-refractivity contribution in [3.05, 3.63) is 57.3 Å². The second kappa shape index (κ2) is 4.33. The molecule has 1 aromatic carbocycles. The van der Waals surface area contributed by atoms with Gasteiger partial charge in [-0.05, 0) is 6.92 Å². The van der Waals surface area contributed by atoms with Gasteiger partial charge in [-0.15, -0.1) is 0 Å². The summed E-state index contributed by atoms with van der Waals surface area (Å²) in [5.41, 5.74) is 6.64. The molecule has 1 aromatic heterocycles. The zero-order valence-corrected chi connectivity index (χ0v) is 9.70. The largest absolute Gasteiger partial charge is 0.384 e. The van der Waals surface area contributed by atoms with Crippen molar-refractivity contribution in [1.29, 1.82) is 5.41 Å². The van der Waals surface area contributed by atoms with Crippen LogP contribution in [-0.2, 0) is 0 Å². The molecule has 0 bridgehead atoms. The van der Waals surface area contributed by atoms with E-state index in [1.54, 1.807) is 31.2 Å². The van der Waals surface area contributed by atoms with Crippen LogP contribution < -0.4 is 11.4 Å². The van der Waals surface area contributed by atoms with Gasteiger partial charge in [0.1, 0.15) is 11.5 Å². The Morgan fingerprint density at radius 1 is 1.17 bits per heavy atom. The highest BCUT2D eigenvalue weighted by molar-refractivity contribution is 6.08. The maximum absolute atomic E-state index is 12.1. The molecule has 2 aromatic rings. The minimum atomic E-state index is -0.406. The van der Waals surface area contributed by atoms with Gasteiger partial charge in [0, 0.05) is 16.8 Å². The topological polar surface area (TPSA) is 116 Å². The number of aromatic nitrogens is 2. The van der Waals surface area contributed by atoms with Crippen molar-refractivity contribution < 1.29 is 4.79 Å². The first-order valence-electron chi connectivity index (χ1n) is 5.27. The van der Waals surface area contributed by atoms with Gasteiger partial charge >= 0.3 is 5.69 Å². The predicted octanol–water partition coefficient (Wildman–Crippen LogP) is 0.526. The number of carbonyl (C=O) groups is 1. The molecule has 1 heterocycles. The van der Waals surface area contributed by atoms with Gasteiger partial charge in [0.15, 0.2) is 0 Å². The van der Waals surface area contributed by atoms with E-state index in [-0.39, 0.29) is 17.3 Å².